The van der Waals surface area contributed by atoms with Gasteiger partial charge in [0.15, 0.2) is 0 Å². The lowest BCUT2D eigenvalue weighted by atomic mass is 9.85. The number of H-pyrrole nitrogens is 1. The summed E-state index contributed by atoms with van der Waals surface area (Å²) in [5.41, 5.74) is -0.0761. The van der Waals surface area contributed by atoms with Gasteiger partial charge in [0.1, 0.15) is 23.5 Å². The van der Waals surface area contributed by atoms with Gasteiger partial charge in [-0.25, -0.2) is 9.49 Å². The second kappa shape index (κ2) is 9.32. The molecule has 0 atom stereocenters. The van der Waals surface area contributed by atoms with Gasteiger partial charge in [0.2, 0.25) is 11.9 Å². The van der Waals surface area contributed by atoms with Gasteiger partial charge in [-0.1, -0.05) is 6.07 Å². The van der Waals surface area contributed by atoms with Gasteiger partial charge in [0.25, 0.3) is 5.91 Å². The molecule has 31 heavy (non-hydrogen) atoms. The van der Waals surface area contributed by atoms with Gasteiger partial charge in [-0.15, -0.1) is 0 Å². The van der Waals surface area contributed by atoms with Crippen molar-refractivity contribution in [2.24, 2.45) is 5.92 Å². The van der Waals surface area contributed by atoms with Gasteiger partial charge >= 0.3 is 0 Å². The van der Waals surface area contributed by atoms with E-state index in [2.05, 4.69) is 25.4 Å². The minimum absolute atomic E-state index is 0.0343. The number of methoxy groups -OCH3 is 1. The molecular weight excluding hydrogens is 403 g/mol. The lowest BCUT2D eigenvalue weighted by Crippen LogP contribution is -2.51. The minimum atomic E-state index is -0.606. The van der Waals surface area contributed by atoms with Crippen LogP contribution in [0.5, 0.6) is 5.75 Å². The summed E-state index contributed by atoms with van der Waals surface area (Å²) in [5.74, 6) is 0.00451. The molecular formula is C21H27FN6O3. The number of hydrogen-bond acceptors (Lipinski definition) is 6. The van der Waals surface area contributed by atoms with E-state index in [0.717, 1.165) is 19.0 Å². The minimum Gasteiger partial charge on any atom is -0.496 e. The van der Waals surface area contributed by atoms with Crippen molar-refractivity contribution in [1.82, 2.24) is 25.4 Å². The van der Waals surface area contributed by atoms with Crippen LogP contribution in [0.4, 0.5) is 10.3 Å². The SMILES string of the molecule is COc1cccc(F)c1C(=O)NC1CCC(C(=O)N2CCN(c3ncn[nH]3)CC2)CC1. The topological polar surface area (TPSA) is 103 Å². The van der Waals surface area contributed by atoms with Crippen molar-refractivity contribution >= 4 is 17.8 Å². The van der Waals surface area contributed by atoms with E-state index in [1.165, 1.54) is 25.6 Å². The molecule has 0 spiro atoms. The monoisotopic (exact) mass is 430 g/mol. The summed E-state index contributed by atoms with van der Waals surface area (Å²) < 4.78 is 19.2. The summed E-state index contributed by atoms with van der Waals surface area (Å²) >= 11 is 0. The number of piperazine rings is 1. The van der Waals surface area contributed by atoms with Crippen molar-refractivity contribution < 1.29 is 18.7 Å². The number of aromatic nitrogens is 3. The maximum atomic E-state index is 14.1. The van der Waals surface area contributed by atoms with Crippen LogP contribution in [0.1, 0.15) is 36.0 Å². The van der Waals surface area contributed by atoms with Crippen LogP contribution in [-0.4, -0.2) is 71.2 Å². The molecule has 2 aliphatic rings. The lowest BCUT2D eigenvalue weighted by molar-refractivity contribution is -0.137. The third-order valence-electron chi connectivity index (χ3n) is 6.13. The molecule has 0 unspecified atom stereocenters. The Hall–Kier alpha value is -3.17. The van der Waals surface area contributed by atoms with Crippen LogP contribution < -0.4 is 15.0 Å². The van der Waals surface area contributed by atoms with Crippen molar-refractivity contribution in [1.29, 1.82) is 0 Å². The summed E-state index contributed by atoms with van der Waals surface area (Å²) in [6.07, 6.45) is 4.28. The number of carbonyl (C=O) groups is 2. The number of ether oxygens (including phenoxy) is 1. The van der Waals surface area contributed by atoms with Crippen LogP contribution in [0.3, 0.4) is 0 Å². The number of benzene rings is 1. The van der Waals surface area contributed by atoms with Crippen LogP contribution in [0.15, 0.2) is 24.5 Å². The van der Waals surface area contributed by atoms with E-state index >= 15 is 0 Å². The molecule has 1 aromatic carbocycles. The largest absolute Gasteiger partial charge is 0.496 e. The van der Waals surface area contributed by atoms with Crippen LogP contribution in [-0.2, 0) is 4.79 Å². The number of carbonyl (C=O) groups excluding carboxylic acids is 2. The zero-order chi connectivity index (χ0) is 21.8. The molecule has 1 aromatic heterocycles. The maximum absolute atomic E-state index is 14.1. The first-order valence-corrected chi connectivity index (χ1v) is 10.6. The Kier molecular flexibility index (Phi) is 6.34. The quantitative estimate of drug-likeness (QED) is 0.747. The van der Waals surface area contributed by atoms with E-state index in [-0.39, 0.29) is 29.2 Å². The second-order valence-corrected chi connectivity index (χ2v) is 7.96. The zero-order valence-corrected chi connectivity index (χ0v) is 17.5. The van der Waals surface area contributed by atoms with E-state index in [9.17, 15) is 14.0 Å². The Labute approximate surface area is 180 Å². The molecule has 1 aliphatic carbocycles. The van der Waals surface area contributed by atoms with E-state index in [0.29, 0.717) is 38.8 Å². The highest BCUT2D eigenvalue weighted by atomic mass is 19.1. The first-order chi connectivity index (χ1) is 15.1. The molecule has 2 amide bonds. The fraction of sp³-hybridized carbons (Fsp3) is 0.524. The van der Waals surface area contributed by atoms with E-state index in [1.807, 2.05) is 4.90 Å². The van der Waals surface area contributed by atoms with Crippen LogP contribution in [0.25, 0.3) is 0 Å². The maximum Gasteiger partial charge on any atom is 0.258 e. The molecule has 0 bridgehead atoms. The first-order valence-electron chi connectivity index (χ1n) is 10.6. The summed E-state index contributed by atoms with van der Waals surface area (Å²) in [5, 5.41) is 9.63. The summed E-state index contributed by atoms with van der Waals surface area (Å²) in [6.45, 7) is 2.75. The third kappa shape index (κ3) is 4.62. The molecule has 2 aromatic rings. The van der Waals surface area contributed by atoms with Gasteiger partial charge in [0.05, 0.1) is 7.11 Å². The van der Waals surface area contributed by atoms with Crippen LogP contribution in [0, 0.1) is 11.7 Å². The normalized spacial score (nSPS) is 21.6. The Morgan fingerprint density at radius 3 is 2.55 bits per heavy atom. The third-order valence-corrected chi connectivity index (χ3v) is 6.13. The Morgan fingerprint density at radius 1 is 1.16 bits per heavy atom. The highest BCUT2D eigenvalue weighted by molar-refractivity contribution is 5.97. The predicted molar refractivity (Wildman–Crippen MR) is 111 cm³/mol. The molecule has 2 N–H and O–H groups in total. The standard InChI is InChI=1S/C21H27FN6O3/c1-31-17-4-2-3-16(22)18(17)19(29)25-15-7-5-14(6-8-15)20(30)27-9-11-28(12-10-27)21-23-13-24-26-21/h2-4,13-15H,5-12H2,1H3,(H,25,29)(H,23,24,26). The molecule has 9 nitrogen and oxygen atoms in total. The fourth-order valence-corrected chi connectivity index (χ4v) is 4.39. The average Bonchev–Trinajstić information content (AvgIpc) is 3.34. The molecule has 2 fully saturated rings. The first kappa shape index (κ1) is 21.1. The van der Waals surface area contributed by atoms with Crippen LogP contribution in [0.2, 0.25) is 0 Å². The lowest BCUT2D eigenvalue weighted by Gasteiger charge is -2.37. The molecule has 1 saturated carbocycles. The van der Waals surface area contributed by atoms with Crippen molar-refractivity contribution in [3.63, 3.8) is 0 Å². The number of anilines is 1. The summed E-state index contributed by atoms with van der Waals surface area (Å²) in [4.78, 5) is 33.7. The number of nitrogens with one attached hydrogen (secondary N) is 2. The highest BCUT2D eigenvalue weighted by Gasteiger charge is 2.32. The van der Waals surface area contributed by atoms with Gasteiger partial charge < -0.3 is 19.9 Å². The summed E-state index contributed by atoms with van der Waals surface area (Å²) in [6, 6.07) is 4.24. The number of hydrogen-bond donors (Lipinski definition) is 2. The van der Waals surface area contributed by atoms with Gasteiger partial charge in [-0.2, -0.15) is 10.1 Å². The van der Waals surface area contributed by atoms with E-state index in [1.54, 1.807) is 6.07 Å². The molecule has 2 heterocycles. The van der Waals surface area contributed by atoms with E-state index < -0.39 is 11.7 Å². The highest BCUT2D eigenvalue weighted by Crippen LogP contribution is 2.28. The number of rotatable bonds is 5. The van der Waals surface area contributed by atoms with Crippen molar-refractivity contribution in [3.8, 4) is 5.75 Å². The van der Waals surface area contributed by atoms with Crippen molar-refractivity contribution in [2.45, 2.75) is 31.7 Å². The molecule has 1 aliphatic heterocycles. The average molecular weight is 430 g/mol. The number of aromatic amines is 1. The van der Waals surface area contributed by atoms with Gasteiger partial charge in [0, 0.05) is 38.1 Å². The second-order valence-electron chi connectivity index (χ2n) is 7.96. The Morgan fingerprint density at radius 2 is 1.90 bits per heavy atom. The Bertz CT molecular complexity index is 906. The van der Waals surface area contributed by atoms with Crippen LogP contribution >= 0.6 is 0 Å². The number of nitrogens with zero attached hydrogens (tertiary/aromatic N) is 4. The molecule has 1 saturated heterocycles. The summed E-state index contributed by atoms with van der Waals surface area (Å²) in [7, 11) is 1.41. The zero-order valence-electron chi connectivity index (χ0n) is 17.5. The van der Waals surface area contributed by atoms with Gasteiger partial charge in [-0.05, 0) is 37.8 Å². The number of halogens is 1. The molecule has 166 valence electrons. The van der Waals surface area contributed by atoms with Crippen molar-refractivity contribution in [2.75, 3.05) is 38.2 Å². The van der Waals surface area contributed by atoms with Gasteiger partial charge in [-0.3, -0.25) is 9.59 Å². The molecule has 0 radical (unpaired) electrons. The molecule has 10 heteroatoms. The van der Waals surface area contributed by atoms with Crippen molar-refractivity contribution in [3.05, 3.63) is 35.9 Å². The fourth-order valence-electron chi connectivity index (χ4n) is 4.39. The molecule has 4 rings (SSSR count). The Balaban J connectivity index is 1.26. The smallest absolute Gasteiger partial charge is 0.258 e. The van der Waals surface area contributed by atoms with E-state index in [4.69, 9.17) is 4.74 Å². The number of amides is 2. The predicted octanol–water partition coefficient (Wildman–Crippen LogP) is 1.59.